The van der Waals surface area contributed by atoms with Gasteiger partial charge in [-0.15, -0.1) is 0 Å². The van der Waals surface area contributed by atoms with E-state index in [-0.39, 0.29) is 13.0 Å². The summed E-state index contributed by atoms with van der Waals surface area (Å²) in [6.45, 7) is 5.42. The SMILES string of the molecule is CCCCC(NC(=O)[C@@H](N)CCCCN)P(=O)(O)OC(C)C(=O)[N@@+]1(C(=O)O)CCCC1C. The lowest BCUT2D eigenvalue weighted by Crippen LogP contribution is -2.61. The summed E-state index contributed by atoms with van der Waals surface area (Å²) in [4.78, 5) is 48.1. The summed E-state index contributed by atoms with van der Waals surface area (Å²) in [6.07, 6.45) is 1.51. The topological polar surface area (TPSA) is 182 Å². The first kappa shape index (κ1) is 28.7. The molecule has 7 N–H and O–H groups in total. The molecule has 3 amide bonds. The second kappa shape index (κ2) is 12.8. The Kier molecular flexibility index (Phi) is 11.4. The molecule has 0 aromatic rings. The zero-order chi connectivity index (χ0) is 24.5. The van der Waals surface area contributed by atoms with Crippen molar-refractivity contribution in [1.82, 2.24) is 5.32 Å². The molecule has 0 aromatic carbocycles. The fraction of sp³-hybridized carbons (Fsp3) is 0.850. The summed E-state index contributed by atoms with van der Waals surface area (Å²) in [7, 11) is -4.52. The second-order valence-electron chi connectivity index (χ2n) is 8.57. The minimum atomic E-state index is -4.52. The number of amides is 3. The third kappa shape index (κ3) is 7.07. The number of hydrogen-bond acceptors (Lipinski definition) is 7. The number of unbranched alkanes of at least 4 members (excludes halogenated alkanes) is 2. The van der Waals surface area contributed by atoms with Crippen molar-refractivity contribution in [3.05, 3.63) is 0 Å². The van der Waals surface area contributed by atoms with Crippen LogP contribution in [0.5, 0.6) is 0 Å². The maximum atomic E-state index is 13.1. The molecule has 12 heteroatoms. The van der Waals surface area contributed by atoms with Gasteiger partial charge in [0.2, 0.25) is 5.91 Å². The van der Waals surface area contributed by atoms with E-state index in [1.54, 1.807) is 6.92 Å². The van der Waals surface area contributed by atoms with Gasteiger partial charge in [-0.05, 0) is 39.7 Å². The molecule has 0 aromatic heterocycles. The number of quaternary nitrogens is 1. The number of imide groups is 1. The van der Waals surface area contributed by atoms with E-state index in [1.807, 2.05) is 6.92 Å². The predicted molar refractivity (Wildman–Crippen MR) is 120 cm³/mol. The van der Waals surface area contributed by atoms with Crippen molar-refractivity contribution in [2.24, 2.45) is 11.5 Å². The molecule has 1 aliphatic rings. The van der Waals surface area contributed by atoms with Crippen LogP contribution in [0.25, 0.3) is 0 Å². The van der Waals surface area contributed by atoms with Crippen molar-refractivity contribution in [2.75, 3.05) is 13.1 Å². The summed E-state index contributed by atoms with van der Waals surface area (Å²) in [6, 6.07) is -1.33. The van der Waals surface area contributed by atoms with Crippen LogP contribution in [0.2, 0.25) is 0 Å². The molecular weight excluding hydrogens is 439 g/mol. The Hall–Kier alpha value is -1.36. The van der Waals surface area contributed by atoms with Crippen LogP contribution in [0.1, 0.15) is 72.1 Å². The van der Waals surface area contributed by atoms with Gasteiger partial charge < -0.3 is 26.8 Å². The summed E-state index contributed by atoms with van der Waals surface area (Å²) in [5, 5.41) is 12.2. The molecule has 32 heavy (non-hydrogen) atoms. The van der Waals surface area contributed by atoms with Crippen molar-refractivity contribution in [2.45, 2.75) is 96.1 Å². The summed E-state index contributed by atoms with van der Waals surface area (Å²) in [5.41, 5.74) is 11.3. The zero-order valence-electron chi connectivity index (χ0n) is 19.4. The third-order valence-corrected chi connectivity index (χ3v) is 7.91. The fourth-order valence-electron chi connectivity index (χ4n) is 4.08. The lowest BCUT2D eigenvalue weighted by Gasteiger charge is -2.33. The van der Waals surface area contributed by atoms with Crippen LogP contribution < -0.4 is 16.8 Å². The number of carboxylic acid groups (broad SMARTS) is 1. The molecule has 1 saturated heterocycles. The Morgan fingerprint density at radius 2 is 1.91 bits per heavy atom. The molecule has 0 bridgehead atoms. The molecule has 1 fully saturated rings. The molecule has 1 rings (SSSR count). The van der Waals surface area contributed by atoms with Gasteiger partial charge in [-0.1, -0.05) is 26.2 Å². The predicted octanol–water partition coefficient (Wildman–Crippen LogP) is 1.87. The third-order valence-electron chi connectivity index (χ3n) is 6.12. The molecule has 6 atom stereocenters. The molecule has 0 radical (unpaired) electrons. The molecule has 11 nitrogen and oxygen atoms in total. The van der Waals surface area contributed by atoms with Gasteiger partial charge in [0, 0.05) is 12.8 Å². The van der Waals surface area contributed by atoms with E-state index in [0.717, 1.165) is 0 Å². The Balaban J connectivity index is 2.95. The van der Waals surface area contributed by atoms with Gasteiger partial charge in [0.15, 0.2) is 6.10 Å². The molecule has 186 valence electrons. The molecule has 0 saturated carbocycles. The monoisotopic (exact) mass is 479 g/mol. The van der Waals surface area contributed by atoms with E-state index >= 15 is 0 Å². The average Bonchev–Trinajstić information content (AvgIpc) is 3.12. The van der Waals surface area contributed by atoms with Crippen molar-refractivity contribution < 1.29 is 38.0 Å². The molecule has 4 unspecified atom stereocenters. The molecular formula is C20H40N4O7P+. The summed E-state index contributed by atoms with van der Waals surface area (Å²) in [5.74, 6) is -2.61. The van der Waals surface area contributed by atoms with Crippen LogP contribution in [-0.2, 0) is 18.7 Å². The first-order chi connectivity index (χ1) is 14.9. The number of hydrogen-bond donors (Lipinski definition) is 5. The van der Waals surface area contributed by atoms with Crippen LogP contribution in [0.4, 0.5) is 4.79 Å². The Morgan fingerprint density at radius 3 is 2.41 bits per heavy atom. The van der Waals surface area contributed by atoms with Crippen molar-refractivity contribution in [3.8, 4) is 0 Å². The zero-order valence-corrected chi connectivity index (χ0v) is 20.3. The number of rotatable bonds is 13. The highest BCUT2D eigenvalue weighted by Crippen LogP contribution is 2.50. The highest BCUT2D eigenvalue weighted by molar-refractivity contribution is 7.53. The average molecular weight is 480 g/mol. The normalized spacial score (nSPS) is 25.5. The largest absolute Gasteiger partial charge is 0.521 e. The number of nitrogens with zero attached hydrogens (tertiary/aromatic N) is 1. The summed E-state index contributed by atoms with van der Waals surface area (Å²) < 4.78 is 17.5. The first-order valence-electron chi connectivity index (χ1n) is 11.4. The van der Waals surface area contributed by atoms with Gasteiger partial charge in [-0.2, -0.15) is 9.28 Å². The van der Waals surface area contributed by atoms with Crippen molar-refractivity contribution >= 4 is 25.5 Å². The van der Waals surface area contributed by atoms with E-state index in [4.69, 9.17) is 16.0 Å². The minimum Gasteiger partial charge on any atom is -0.435 e. The molecule has 1 heterocycles. The highest BCUT2D eigenvalue weighted by Gasteiger charge is 2.55. The standard InChI is InChI=1S/C20H39N4O7P/c1-4-5-11-17(23-18(25)16(22)10-6-7-12-21)32(29,30)31-15(3)19(26)24(20(27)28)13-8-9-14(24)2/h14-17H,4-13,21-22H2,1-3H3,(H2-,23,25,27,28,29,30)/p+1/t14?,15?,16-,17?,24+/m0/s1. The van der Waals surface area contributed by atoms with Crippen LogP contribution in [-0.4, -0.2) is 69.5 Å². The quantitative estimate of drug-likeness (QED) is 0.149. The van der Waals surface area contributed by atoms with Gasteiger partial charge in [-0.25, -0.2) is 4.79 Å². The fourth-order valence-corrected chi connectivity index (χ4v) is 5.57. The lowest BCUT2D eigenvalue weighted by atomic mass is 10.1. The van der Waals surface area contributed by atoms with E-state index in [0.29, 0.717) is 51.5 Å². The molecule has 0 spiro atoms. The lowest BCUT2D eigenvalue weighted by molar-refractivity contribution is -0.793. The van der Waals surface area contributed by atoms with Crippen LogP contribution in [0.3, 0.4) is 0 Å². The second-order valence-corrected chi connectivity index (χ2v) is 10.5. The van der Waals surface area contributed by atoms with E-state index < -0.39 is 54.0 Å². The maximum absolute atomic E-state index is 13.1. The highest BCUT2D eigenvalue weighted by atomic mass is 31.2. The number of likely N-dealkylation sites (tertiary alicyclic amines) is 1. The number of carbonyl (C=O) groups is 3. The van der Waals surface area contributed by atoms with Gasteiger partial charge in [0.25, 0.3) is 0 Å². The number of nitrogens with one attached hydrogen (secondary N) is 1. The van der Waals surface area contributed by atoms with E-state index in [1.165, 1.54) is 6.92 Å². The van der Waals surface area contributed by atoms with E-state index in [9.17, 15) is 28.9 Å². The van der Waals surface area contributed by atoms with Gasteiger partial charge in [0.05, 0.1) is 12.6 Å². The Labute approximate surface area is 190 Å². The van der Waals surface area contributed by atoms with Crippen molar-refractivity contribution in [3.63, 3.8) is 0 Å². The van der Waals surface area contributed by atoms with E-state index in [2.05, 4.69) is 5.32 Å². The number of nitrogens with two attached hydrogens (primary N) is 2. The van der Waals surface area contributed by atoms with Gasteiger partial charge in [-0.3, -0.25) is 13.9 Å². The van der Waals surface area contributed by atoms with Crippen LogP contribution >= 0.6 is 7.60 Å². The van der Waals surface area contributed by atoms with Crippen LogP contribution in [0, 0.1) is 0 Å². The number of carbonyl (C=O) groups excluding carboxylic acids is 2. The Bertz CT molecular complexity index is 707. The van der Waals surface area contributed by atoms with Gasteiger partial charge >= 0.3 is 19.6 Å². The Morgan fingerprint density at radius 1 is 1.25 bits per heavy atom. The van der Waals surface area contributed by atoms with Crippen molar-refractivity contribution in [1.29, 1.82) is 0 Å². The van der Waals surface area contributed by atoms with Gasteiger partial charge in [0.1, 0.15) is 11.8 Å². The minimum absolute atomic E-state index is 0.104. The smallest absolute Gasteiger partial charge is 0.435 e. The maximum Gasteiger partial charge on any atom is 0.521 e. The summed E-state index contributed by atoms with van der Waals surface area (Å²) >= 11 is 0. The van der Waals surface area contributed by atoms with Crippen LogP contribution in [0.15, 0.2) is 0 Å². The first-order valence-corrected chi connectivity index (χ1v) is 13.0. The molecule has 1 aliphatic heterocycles. The molecule has 0 aliphatic carbocycles.